The molecule has 0 saturated heterocycles. The molecule has 2 aromatic carbocycles. The highest BCUT2D eigenvalue weighted by atomic mass is 79.9. The first-order valence-electron chi connectivity index (χ1n) is 9.34. The van der Waals surface area contributed by atoms with Gasteiger partial charge in [0.05, 0.1) is 4.90 Å². The van der Waals surface area contributed by atoms with Crippen LogP contribution in [-0.4, -0.2) is 26.7 Å². The Morgan fingerprint density at radius 3 is 2.55 bits per heavy atom. The number of aliphatic imine (C=N–C) groups is 1. The molecule has 0 aliphatic carbocycles. The van der Waals surface area contributed by atoms with Gasteiger partial charge in [-0.25, -0.2) is 8.42 Å². The van der Waals surface area contributed by atoms with E-state index in [-0.39, 0.29) is 10.8 Å². The normalized spacial score (nSPS) is 14.9. The van der Waals surface area contributed by atoms with Gasteiger partial charge < -0.3 is 5.32 Å². The van der Waals surface area contributed by atoms with E-state index in [1.54, 1.807) is 18.2 Å². The van der Waals surface area contributed by atoms with Gasteiger partial charge in [0.25, 0.3) is 10.0 Å². The third-order valence-corrected chi connectivity index (χ3v) is 6.50. The van der Waals surface area contributed by atoms with Gasteiger partial charge in [-0.1, -0.05) is 40.5 Å². The fourth-order valence-electron chi connectivity index (χ4n) is 2.85. The number of hydrogen-bond acceptors (Lipinski definition) is 4. The SMILES string of the molecule is O=C(/C=C/c1ccccc1Br)Nc1ccc(S(=O)(=O)NC2=NCCCCC2)cc1. The van der Waals surface area contributed by atoms with Crippen molar-refractivity contribution >= 4 is 49.5 Å². The average Bonchev–Trinajstić information content (AvgIpc) is 2.96. The number of carbonyl (C=O) groups is 1. The summed E-state index contributed by atoms with van der Waals surface area (Å²) in [4.78, 5) is 16.5. The summed E-state index contributed by atoms with van der Waals surface area (Å²) in [6.45, 7) is 0.649. The standard InChI is InChI=1S/C21H22BrN3O3S/c22-19-7-4-3-6-16(19)9-14-21(26)24-17-10-12-18(13-11-17)29(27,28)25-20-8-2-1-5-15-23-20/h3-4,6-7,9-14H,1-2,5,8,15H2,(H,23,25)(H,24,26)/b14-9+. The highest BCUT2D eigenvalue weighted by Crippen LogP contribution is 2.18. The Hall–Kier alpha value is -2.45. The summed E-state index contributed by atoms with van der Waals surface area (Å²) in [6.07, 6.45) is 6.73. The van der Waals surface area contributed by atoms with Crippen LogP contribution in [0.2, 0.25) is 0 Å². The molecule has 0 bridgehead atoms. The highest BCUT2D eigenvalue weighted by molar-refractivity contribution is 9.10. The van der Waals surface area contributed by atoms with E-state index in [1.807, 2.05) is 24.3 Å². The molecule has 0 spiro atoms. The summed E-state index contributed by atoms with van der Waals surface area (Å²) in [7, 11) is -3.69. The van der Waals surface area contributed by atoms with Gasteiger partial charge in [-0.05, 0) is 54.8 Å². The molecule has 152 valence electrons. The van der Waals surface area contributed by atoms with Crippen molar-refractivity contribution in [1.29, 1.82) is 0 Å². The zero-order valence-electron chi connectivity index (χ0n) is 15.8. The average molecular weight is 476 g/mol. The Labute approximate surface area is 179 Å². The maximum atomic E-state index is 12.5. The number of benzene rings is 2. The monoisotopic (exact) mass is 475 g/mol. The number of nitrogens with zero attached hydrogens (tertiary/aromatic N) is 1. The van der Waals surface area contributed by atoms with Crippen LogP contribution in [0.1, 0.15) is 31.2 Å². The summed E-state index contributed by atoms with van der Waals surface area (Å²) in [5.74, 6) is 0.208. The second kappa shape index (κ2) is 9.84. The smallest absolute Gasteiger partial charge is 0.262 e. The van der Waals surface area contributed by atoms with E-state index in [1.165, 1.54) is 18.2 Å². The van der Waals surface area contributed by atoms with Crippen molar-refractivity contribution in [1.82, 2.24) is 4.72 Å². The Morgan fingerprint density at radius 1 is 1.03 bits per heavy atom. The van der Waals surface area contributed by atoms with Crippen LogP contribution < -0.4 is 10.0 Å². The number of anilines is 1. The molecule has 3 rings (SSSR count). The Kier molecular flexibility index (Phi) is 7.22. The minimum Gasteiger partial charge on any atom is -0.323 e. The van der Waals surface area contributed by atoms with Crippen LogP contribution in [0.3, 0.4) is 0 Å². The lowest BCUT2D eigenvalue weighted by Gasteiger charge is -2.10. The molecule has 2 N–H and O–H groups in total. The maximum absolute atomic E-state index is 12.5. The third-order valence-electron chi connectivity index (χ3n) is 4.38. The molecular formula is C21H22BrN3O3S. The molecule has 0 radical (unpaired) electrons. The molecule has 0 atom stereocenters. The number of halogens is 1. The van der Waals surface area contributed by atoms with Crippen molar-refractivity contribution in [2.24, 2.45) is 4.99 Å². The van der Waals surface area contributed by atoms with Crippen molar-refractivity contribution < 1.29 is 13.2 Å². The third kappa shape index (κ3) is 6.27. The minimum absolute atomic E-state index is 0.131. The molecule has 0 fully saturated rings. The molecule has 8 heteroatoms. The van der Waals surface area contributed by atoms with Gasteiger partial charge in [0.1, 0.15) is 5.84 Å². The van der Waals surface area contributed by atoms with Crippen molar-refractivity contribution in [2.45, 2.75) is 30.6 Å². The number of rotatable bonds is 5. The summed E-state index contributed by atoms with van der Waals surface area (Å²) >= 11 is 3.43. The van der Waals surface area contributed by atoms with Crippen molar-refractivity contribution in [3.8, 4) is 0 Å². The van der Waals surface area contributed by atoms with Gasteiger partial charge in [-0.2, -0.15) is 0 Å². The quantitative estimate of drug-likeness (QED) is 0.629. The van der Waals surface area contributed by atoms with Gasteiger partial charge in [0, 0.05) is 29.2 Å². The minimum atomic E-state index is -3.69. The topological polar surface area (TPSA) is 87.6 Å². The molecule has 0 aromatic heterocycles. The van der Waals surface area contributed by atoms with Crippen molar-refractivity contribution in [3.63, 3.8) is 0 Å². The summed E-state index contributed by atoms with van der Waals surface area (Å²) < 4.78 is 28.6. The van der Waals surface area contributed by atoms with E-state index in [0.29, 0.717) is 24.5 Å². The number of nitrogens with one attached hydrogen (secondary N) is 2. The Balaban J connectivity index is 1.62. The largest absolute Gasteiger partial charge is 0.323 e. The number of amides is 1. The van der Waals surface area contributed by atoms with E-state index in [2.05, 4.69) is 31.0 Å². The predicted octanol–water partition coefficient (Wildman–Crippen LogP) is 4.35. The van der Waals surface area contributed by atoms with E-state index < -0.39 is 10.0 Å². The molecule has 1 aliphatic rings. The molecule has 29 heavy (non-hydrogen) atoms. The van der Waals surface area contributed by atoms with Crippen LogP contribution in [0.5, 0.6) is 0 Å². The van der Waals surface area contributed by atoms with Crippen LogP contribution in [-0.2, 0) is 14.8 Å². The molecule has 2 aromatic rings. The second-order valence-corrected chi connectivity index (χ2v) is 9.15. The van der Waals surface area contributed by atoms with Gasteiger partial charge in [0.2, 0.25) is 5.91 Å². The van der Waals surface area contributed by atoms with Crippen LogP contribution >= 0.6 is 15.9 Å². The molecular weight excluding hydrogens is 454 g/mol. The zero-order valence-corrected chi connectivity index (χ0v) is 18.2. The fraction of sp³-hybridized carbons (Fsp3) is 0.238. The molecule has 0 unspecified atom stereocenters. The Bertz CT molecular complexity index is 1030. The lowest BCUT2D eigenvalue weighted by molar-refractivity contribution is -0.111. The van der Waals surface area contributed by atoms with Crippen LogP contribution in [0.25, 0.3) is 6.08 Å². The summed E-state index contributed by atoms with van der Waals surface area (Å²) in [5, 5.41) is 2.72. The number of sulfonamides is 1. The molecule has 1 aliphatic heterocycles. The molecule has 6 nitrogen and oxygen atoms in total. The first kappa shape index (κ1) is 21.3. The Morgan fingerprint density at radius 2 is 1.79 bits per heavy atom. The van der Waals surface area contributed by atoms with Crippen LogP contribution in [0, 0.1) is 0 Å². The fourth-order valence-corrected chi connectivity index (χ4v) is 4.35. The number of amidine groups is 1. The first-order chi connectivity index (χ1) is 13.9. The van der Waals surface area contributed by atoms with Gasteiger partial charge in [-0.15, -0.1) is 0 Å². The molecule has 0 saturated carbocycles. The van der Waals surface area contributed by atoms with E-state index in [0.717, 1.165) is 29.3 Å². The van der Waals surface area contributed by atoms with Crippen molar-refractivity contribution in [3.05, 3.63) is 64.6 Å². The van der Waals surface area contributed by atoms with Gasteiger partial charge in [-0.3, -0.25) is 14.5 Å². The van der Waals surface area contributed by atoms with E-state index >= 15 is 0 Å². The maximum Gasteiger partial charge on any atom is 0.262 e. The van der Waals surface area contributed by atoms with E-state index in [9.17, 15) is 13.2 Å². The molecule has 1 heterocycles. The first-order valence-corrected chi connectivity index (χ1v) is 11.6. The highest BCUT2D eigenvalue weighted by Gasteiger charge is 2.17. The lowest BCUT2D eigenvalue weighted by Crippen LogP contribution is -2.30. The summed E-state index contributed by atoms with van der Waals surface area (Å²) in [6, 6.07) is 13.6. The predicted molar refractivity (Wildman–Crippen MR) is 119 cm³/mol. The van der Waals surface area contributed by atoms with Crippen LogP contribution in [0.4, 0.5) is 5.69 Å². The number of carbonyl (C=O) groups excluding carboxylic acids is 1. The lowest BCUT2D eigenvalue weighted by atomic mass is 10.2. The molecule has 1 amide bonds. The van der Waals surface area contributed by atoms with Gasteiger partial charge >= 0.3 is 0 Å². The van der Waals surface area contributed by atoms with Gasteiger partial charge in [0.15, 0.2) is 0 Å². The summed E-state index contributed by atoms with van der Waals surface area (Å²) in [5.41, 5.74) is 1.40. The second-order valence-electron chi connectivity index (χ2n) is 6.61. The number of hydrogen-bond donors (Lipinski definition) is 2. The van der Waals surface area contributed by atoms with Crippen LogP contribution in [0.15, 0.2) is 69.0 Å². The van der Waals surface area contributed by atoms with E-state index in [4.69, 9.17) is 0 Å². The van der Waals surface area contributed by atoms with Crippen molar-refractivity contribution in [2.75, 3.05) is 11.9 Å². The zero-order chi connectivity index (χ0) is 20.7.